The Hall–Kier alpha value is -2.61. The Labute approximate surface area is 219 Å². The molecule has 2 heterocycles. The molecule has 1 atom stereocenters. The second-order valence-electron chi connectivity index (χ2n) is 8.99. The highest BCUT2D eigenvalue weighted by Crippen LogP contribution is 2.49. The van der Waals surface area contributed by atoms with Crippen LogP contribution in [-0.4, -0.2) is 60.8 Å². The van der Waals surface area contributed by atoms with Crippen LogP contribution in [0.25, 0.3) is 5.57 Å². The minimum atomic E-state index is -6.08. The summed E-state index contributed by atoms with van der Waals surface area (Å²) in [7, 11) is -3.40. The van der Waals surface area contributed by atoms with Crippen molar-refractivity contribution in [3.05, 3.63) is 70.8 Å². The molecule has 1 N–H and O–H groups in total. The van der Waals surface area contributed by atoms with Gasteiger partial charge in [-0.15, -0.1) is 0 Å². The van der Waals surface area contributed by atoms with E-state index in [-0.39, 0.29) is 29.4 Å². The third kappa shape index (κ3) is 5.16. The van der Waals surface area contributed by atoms with Crippen molar-refractivity contribution < 1.29 is 39.9 Å². The van der Waals surface area contributed by atoms with Crippen LogP contribution in [0.1, 0.15) is 30.0 Å². The predicted octanol–water partition coefficient (Wildman–Crippen LogP) is 5.55. The van der Waals surface area contributed by atoms with Gasteiger partial charge in [-0.2, -0.15) is 35.7 Å². The van der Waals surface area contributed by atoms with E-state index in [1.807, 2.05) is 0 Å². The number of hydrogen-bond acceptors (Lipinski definition) is 5. The zero-order chi connectivity index (χ0) is 28.1. The number of hydrogen-bond donors (Lipinski definition) is 1. The van der Waals surface area contributed by atoms with Gasteiger partial charge in [0.2, 0.25) is 10.0 Å². The van der Waals surface area contributed by atoms with Gasteiger partial charge in [-0.05, 0) is 41.3 Å². The van der Waals surface area contributed by atoms with E-state index in [0.29, 0.717) is 12.0 Å². The summed E-state index contributed by atoms with van der Waals surface area (Å²) in [6.45, 7) is 0.338. The maximum atomic E-state index is 13.7. The first-order chi connectivity index (χ1) is 17.5. The van der Waals surface area contributed by atoms with Crippen LogP contribution in [0.15, 0.2) is 59.7 Å². The van der Waals surface area contributed by atoms with E-state index in [1.165, 1.54) is 28.6 Å². The average Bonchev–Trinajstić information content (AvgIpc) is 3.27. The summed E-state index contributed by atoms with van der Waals surface area (Å²) in [6.07, 6.45) is -9.92. The van der Waals surface area contributed by atoms with Crippen LogP contribution in [0.4, 0.5) is 32.0 Å². The highest BCUT2D eigenvalue weighted by molar-refractivity contribution is 7.88. The Morgan fingerprint density at radius 3 is 2.24 bits per heavy atom. The van der Waals surface area contributed by atoms with Crippen LogP contribution in [0.2, 0.25) is 5.02 Å². The molecular formula is C24H22ClF6N3O3S. The monoisotopic (exact) mass is 581 g/mol. The molecular weight excluding hydrogens is 560 g/mol. The highest BCUT2D eigenvalue weighted by Gasteiger charge is 2.74. The van der Waals surface area contributed by atoms with E-state index in [2.05, 4.69) is 5.10 Å². The van der Waals surface area contributed by atoms with Gasteiger partial charge in [0.05, 0.1) is 23.7 Å². The van der Waals surface area contributed by atoms with Gasteiger partial charge in [-0.25, -0.2) is 8.42 Å². The number of halogens is 7. The molecule has 0 aromatic heterocycles. The van der Waals surface area contributed by atoms with Crippen molar-refractivity contribution in [1.29, 1.82) is 0 Å². The number of rotatable bonds is 5. The van der Waals surface area contributed by atoms with E-state index in [1.54, 1.807) is 30.3 Å². The maximum absolute atomic E-state index is 13.7. The van der Waals surface area contributed by atoms with Gasteiger partial charge in [0.1, 0.15) is 0 Å². The predicted molar refractivity (Wildman–Crippen MR) is 131 cm³/mol. The summed E-state index contributed by atoms with van der Waals surface area (Å²) >= 11 is 6.25. The van der Waals surface area contributed by atoms with Crippen LogP contribution in [-0.2, 0) is 10.0 Å². The summed E-state index contributed by atoms with van der Waals surface area (Å²) in [6, 6.07) is 11.1. The topological polar surface area (TPSA) is 73.2 Å². The quantitative estimate of drug-likeness (QED) is 0.470. The van der Waals surface area contributed by atoms with E-state index >= 15 is 0 Å². The molecule has 0 spiro atoms. The molecule has 0 saturated carbocycles. The van der Waals surface area contributed by atoms with Crippen molar-refractivity contribution in [2.75, 3.05) is 24.4 Å². The molecule has 0 fully saturated rings. The van der Waals surface area contributed by atoms with Crippen molar-refractivity contribution in [3.8, 4) is 0 Å². The molecule has 2 aliphatic heterocycles. The minimum absolute atomic E-state index is 0.105. The van der Waals surface area contributed by atoms with E-state index in [0.717, 1.165) is 16.8 Å². The fourth-order valence-electron chi connectivity index (χ4n) is 4.50. The van der Waals surface area contributed by atoms with Crippen molar-refractivity contribution in [2.45, 2.75) is 36.8 Å². The molecule has 206 valence electrons. The largest absolute Gasteiger partial charge is 0.431 e. The summed E-state index contributed by atoms with van der Waals surface area (Å²) in [4.78, 5) is 0. The van der Waals surface area contributed by atoms with Gasteiger partial charge < -0.3 is 5.11 Å². The zero-order valence-corrected chi connectivity index (χ0v) is 21.3. The van der Waals surface area contributed by atoms with Gasteiger partial charge in [-0.3, -0.25) is 5.01 Å². The zero-order valence-electron chi connectivity index (χ0n) is 19.8. The van der Waals surface area contributed by atoms with Gasteiger partial charge in [-0.1, -0.05) is 48.0 Å². The Morgan fingerprint density at radius 2 is 1.68 bits per heavy atom. The van der Waals surface area contributed by atoms with Crippen molar-refractivity contribution >= 4 is 38.6 Å². The van der Waals surface area contributed by atoms with Gasteiger partial charge in [0, 0.05) is 24.5 Å². The third-order valence-electron chi connectivity index (χ3n) is 6.54. The first kappa shape index (κ1) is 28.4. The molecule has 14 heteroatoms. The van der Waals surface area contributed by atoms with Crippen LogP contribution in [0, 0.1) is 0 Å². The molecule has 6 nitrogen and oxygen atoms in total. The first-order valence-corrected chi connectivity index (χ1v) is 13.5. The molecule has 0 amide bonds. The number of nitrogens with zero attached hydrogens (tertiary/aromatic N) is 3. The summed E-state index contributed by atoms with van der Waals surface area (Å²) < 4.78 is 107. The lowest BCUT2D eigenvalue weighted by molar-refractivity contribution is -0.338. The molecule has 0 aliphatic carbocycles. The van der Waals surface area contributed by atoms with Crippen LogP contribution in [0.5, 0.6) is 0 Å². The second-order valence-corrected chi connectivity index (χ2v) is 11.4. The highest BCUT2D eigenvalue weighted by atomic mass is 35.5. The van der Waals surface area contributed by atoms with Crippen LogP contribution >= 0.6 is 11.6 Å². The second kappa shape index (κ2) is 9.85. The number of anilines is 1. The molecule has 38 heavy (non-hydrogen) atoms. The summed E-state index contributed by atoms with van der Waals surface area (Å²) in [5, 5.41) is 14.8. The van der Waals surface area contributed by atoms with Crippen molar-refractivity contribution in [2.24, 2.45) is 5.10 Å². The molecule has 0 radical (unpaired) electrons. The average molecular weight is 582 g/mol. The maximum Gasteiger partial charge on any atom is 0.431 e. The molecule has 2 aliphatic rings. The normalized spacial score (nSPS) is 19.9. The Morgan fingerprint density at radius 1 is 1.03 bits per heavy atom. The molecule has 4 rings (SSSR count). The number of alkyl halides is 6. The van der Waals surface area contributed by atoms with Gasteiger partial charge in [0.15, 0.2) is 0 Å². The Bertz CT molecular complexity index is 1380. The lowest BCUT2D eigenvalue weighted by atomic mass is 9.90. The fraction of sp³-hybridized carbons (Fsp3) is 0.375. The number of hydrazone groups is 1. The Balaban J connectivity index is 1.79. The summed E-state index contributed by atoms with van der Waals surface area (Å²) in [5.41, 5.74) is -4.92. The van der Waals surface area contributed by atoms with Crippen molar-refractivity contribution in [3.63, 3.8) is 0 Å². The smallest absolute Gasteiger partial charge is 0.369 e. The lowest BCUT2D eigenvalue weighted by Gasteiger charge is -2.32. The van der Waals surface area contributed by atoms with Crippen molar-refractivity contribution in [1.82, 2.24) is 4.31 Å². The Kier molecular flexibility index (Phi) is 7.36. The van der Waals surface area contributed by atoms with Crippen LogP contribution < -0.4 is 5.01 Å². The summed E-state index contributed by atoms with van der Waals surface area (Å²) in [5.74, 6) is 0. The first-order valence-electron chi connectivity index (χ1n) is 11.3. The number of aliphatic hydroxyl groups is 1. The standard InChI is InChI=1S/C24H22ClF6N3O3S/c1-38(36,37)33-11-9-15(10-12-33)16-5-4-6-17(13-16)34-20(18-7-2-3-8-19(18)25)14-21(32-34)22(35,23(26,27)28)24(29,30)31/h2-9,13,20,35H,10-12,14H2,1H3. The molecule has 0 saturated heterocycles. The van der Waals surface area contributed by atoms with E-state index in [4.69, 9.17) is 11.6 Å². The van der Waals surface area contributed by atoms with E-state index < -0.39 is 46.2 Å². The number of benzene rings is 2. The molecule has 1 unspecified atom stereocenters. The number of sulfonamides is 1. The lowest BCUT2D eigenvalue weighted by Crippen LogP contribution is -2.62. The SMILES string of the molecule is CS(=O)(=O)N1CC=C(c2cccc(N3N=C(C(O)(C(F)(F)F)C(F)(F)F)CC3c3ccccc3Cl)c2)CC1. The fourth-order valence-corrected chi connectivity index (χ4v) is 5.53. The third-order valence-corrected chi connectivity index (χ3v) is 8.15. The van der Waals surface area contributed by atoms with Gasteiger partial charge in [0.25, 0.3) is 5.60 Å². The molecule has 2 aromatic rings. The van der Waals surface area contributed by atoms with Crippen LogP contribution in [0.3, 0.4) is 0 Å². The minimum Gasteiger partial charge on any atom is -0.369 e. The van der Waals surface area contributed by atoms with Gasteiger partial charge >= 0.3 is 12.4 Å². The molecule has 0 bridgehead atoms. The van der Waals surface area contributed by atoms with E-state index in [9.17, 15) is 39.9 Å². The molecule has 2 aromatic carbocycles.